The summed E-state index contributed by atoms with van der Waals surface area (Å²) in [6, 6.07) is 8.87. The third-order valence-corrected chi connectivity index (χ3v) is 9.16. The van der Waals surface area contributed by atoms with E-state index in [4.69, 9.17) is 0 Å². The van der Waals surface area contributed by atoms with Crippen LogP contribution in [0.2, 0.25) is 0 Å². The number of halogens is 3. The number of hydrogen-bond donors (Lipinski definition) is 0. The summed E-state index contributed by atoms with van der Waals surface area (Å²) in [7, 11) is 0. The van der Waals surface area contributed by atoms with Crippen LogP contribution in [0.1, 0.15) is 109 Å². The molecule has 0 aliphatic heterocycles. The molecule has 3 heteroatoms. The molecule has 1 unspecified atom stereocenters. The van der Waals surface area contributed by atoms with E-state index in [0.717, 1.165) is 54.2 Å². The van der Waals surface area contributed by atoms with Crippen LogP contribution < -0.4 is 0 Å². The SMILES string of the molecule is CCCCCC1CCC(C(C)CC2CCC(c3ccc(-c4ccc(F)c(F)c4)c(F)c3)CC2)CC1. The van der Waals surface area contributed by atoms with Crippen molar-refractivity contribution in [3.8, 4) is 11.1 Å². The highest BCUT2D eigenvalue weighted by Gasteiger charge is 2.29. The molecule has 4 rings (SSSR count). The summed E-state index contributed by atoms with van der Waals surface area (Å²) in [6.45, 7) is 4.78. The monoisotopic (exact) mass is 484 g/mol. The molecule has 35 heavy (non-hydrogen) atoms. The van der Waals surface area contributed by atoms with Gasteiger partial charge in [0.25, 0.3) is 0 Å². The number of unbranched alkanes of at least 4 members (excludes halogenated alkanes) is 2. The minimum absolute atomic E-state index is 0.329. The van der Waals surface area contributed by atoms with Crippen molar-refractivity contribution in [3.05, 3.63) is 59.4 Å². The minimum Gasteiger partial charge on any atom is -0.206 e. The highest BCUT2D eigenvalue weighted by atomic mass is 19.2. The number of benzene rings is 2. The molecular formula is C32H43F3. The Morgan fingerprint density at radius 1 is 0.743 bits per heavy atom. The van der Waals surface area contributed by atoms with E-state index in [-0.39, 0.29) is 5.82 Å². The summed E-state index contributed by atoms with van der Waals surface area (Å²) >= 11 is 0. The Labute approximate surface area is 210 Å². The Morgan fingerprint density at radius 2 is 1.46 bits per heavy atom. The van der Waals surface area contributed by atoms with Crippen molar-refractivity contribution >= 4 is 0 Å². The van der Waals surface area contributed by atoms with Gasteiger partial charge in [0.2, 0.25) is 0 Å². The summed E-state index contributed by atoms with van der Waals surface area (Å²) in [5, 5.41) is 0. The second-order valence-corrected chi connectivity index (χ2v) is 11.6. The third-order valence-electron chi connectivity index (χ3n) is 9.16. The standard InChI is InChI=1S/C32H43F3/c1-3-4-5-6-23-7-11-25(12-8-23)22(2)19-24-9-13-26(14-10-24)27-15-17-29(31(34)20-27)28-16-18-30(33)32(35)21-28/h15-18,20-26H,3-14,19H2,1-2H3. The fraction of sp³-hybridized carbons (Fsp3) is 0.625. The largest absolute Gasteiger partial charge is 0.206 e. The van der Waals surface area contributed by atoms with E-state index in [1.807, 2.05) is 6.07 Å². The zero-order valence-corrected chi connectivity index (χ0v) is 21.7. The lowest BCUT2D eigenvalue weighted by atomic mass is 9.70. The summed E-state index contributed by atoms with van der Waals surface area (Å²) in [6.07, 6.45) is 17.4. The first-order chi connectivity index (χ1) is 16.9. The molecule has 0 saturated heterocycles. The third kappa shape index (κ3) is 6.92. The van der Waals surface area contributed by atoms with Crippen molar-refractivity contribution in [1.29, 1.82) is 0 Å². The average Bonchev–Trinajstić information content (AvgIpc) is 2.87. The molecule has 2 aromatic rings. The van der Waals surface area contributed by atoms with Gasteiger partial charge >= 0.3 is 0 Å². The Hall–Kier alpha value is -1.77. The van der Waals surface area contributed by atoms with Crippen LogP contribution in [0.3, 0.4) is 0 Å². The Bertz CT molecular complexity index is 936. The van der Waals surface area contributed by atoms with E-state index in [1.54, 1.807) is 12.1 Å². The molecule has 2 aromatic carbocycles. The highest BCUT2D eigenvalue weighted by molar-refractivity contribution is 5.64. The van der Waals surface area contributed by atoms with Crippen LogP contribution >= 0.6 is 0 Å². The molecule has 2 saturated carbocycles. The molecule has 2 aliphatic rings. The molecule has 0 bridgehead atoms. The average molecular weight is 485 g/mol. The number of hydrogen-bond acceptors (Lipinski definition) is 0. The van der Waals surface area contributed by atoms with Gasteiger partial charge in [-0.05, 0) is 104 Å². The minimum atomic E-state index is -0.946. The van der Waals surface area contributed by atoms with Gasteiger partial charge in [0, 0.05) is 5.56 Å². The molecule has 1 atom stereocenters. The summed E-state index contributed by atoms with van der Waals surface area (Å²) in [5.41, 5.74) is 1.75. The van der Waals surface area contributed by atoms with Gasteiger partial charge < -0.3 is 0 Å². The Balaban J connectivity index is 1.24. The quantitative estimate of drug-likeness (QED) is 0.311. The summed E-state index contributed by atoms with van der Waals surface area (Å²) in [4.78, 5) is 0. The van der Waals surface area contributed by atoms with Crippen LogP contribution in [0.5, 0.6) is 0 Å². The zero-order chi connectivity index (χ0) is 24.8. The number of rotatable bonds is 9. The fourth-order valence-corrected chi connectivity index (χ4v) is 6.86. The maximum Gasteiger partial charge on any atom is 0.159 e. The normalized spacial score (nSPS) is 26.0. The zero-order valence-electron chi connectivity index (χ0n) is 21.7. The lowest BCUT2D eigenvalue weighted by Gasteiger charge is -2.36. The van der Waals surface area contributed by atoms with Crippen molar-refractivity contribution < 1.29 is 13.2 Å². The molecule has 0 N–H and O–H groups in total. The first-order valence-corrected chi connectivity index (χ1v) is 14.2. The first-order valence-electron chi connectivity index (χ1n) is 14.2. The van der Waals surface area contributed by atoms with Crippen molar-refractivity contribution in [2.75, 3.05) is 0 Å². The van der Waals surface area contributed by atoms with Gasteiger partial charge in [0.05, 0.1) is 0 Å². The maximum atomic E-state index is 14.9. The van der Waals surface area contributed by atoms with E-state index in [2.05, 4.69) is 13.8 Å². The molecule has 2 fully saturated rings. The second kappa shape index (κ2) is 12.5. The van der Waals surface area contributed by atoms with Gasteiger partial charge in [-0.1, -0.05) is 70.6 Å². The molecule has 0 aromatic heterocycles. The van der Waals surface area contributed by atoms with E-state index < -0.39 is 11.6 Å². The van der Waals surface area contributed by atoms with Crippen LogP contribution in [-0.2, 0) is 0 Å². The summed E-state index contributed by atoms with van der Waals surface area (Å²) < 4.78 is 41.7. The van der Waals surface area contributed by atoms with Crippen molar-refractivity contribution in [2.24, 2.45) is 23.7 Å². The van der Waals surface area contributed by atoms with Crippen LogP contribution in [0, 0.1) is 41.1 Å². The predicted molar refractivity (Wildman–Crippen MR) is 140 cm³/mol. The van der Waals surface area contributed by atoms with Crippen LogP contribution in [0.25, 0.3) is 11.1 Å². The molecular weight excluding hydrogens is 441 g/mol. The Morgan fingerprint density at radius 3 is 2.11 bits per heavy atom. The van der Waals surface area contributed by atoms with Gasteiger partial charge in [-0.2, -0.15) is 0 Å². The highest BCUT2D eigenvalue weighted by Crippen LogP contribution is 2.43. The molecule has 0 amide bonds. The van der Waals surface area contributed by atoms with Gasteiger partial charge in [0.15, 0.2) is 11.6 Å². The molecule has 192 valence electrons. The van der Waals surface area contributed by atoms with Crippen molar-refractivity contribution in [3.63, 3.8) is 0 Å². The topological polar surface area (TPSA) is 0 Å². The van der Waals surface area contributed by atoms with Crippen LogP contribution in [0.4, 0.5) is 13.2 Å². The second-order valence-electron chi connectivity index (χ2n) is 11.6. The molecule has 0 nitrogen and oxygen atoms in total. The fourth-order valence-electron chi connectivity index (χ4n) is 6.86. The molecule has 0 spiro atoms. The van der Waals surface area contributed by atoms with Gasteiger partial charge in [-0.3, -0.25) is 0 Å². The van der Waals surface area contributed by atoms with Crippen molar-refractivity contribution in [2.45, 2.75) is 103 Å². The van der Waals surface area contributed by atoms with Crippen molar-refractivity contribution in [1.82, 2.24) is 0 Å². The smallest absolute Gasteiger partial charge is 0.159 e. The van der Waals surface area contributed by atoms with Gasteiger partial charge in [-0.25, -0.2) is 13.2 Å². The van der Waals surface area contributed by atoms with E-state index in [0.29, 0.717) is 17.0 Å². The Kier molecular flexibility index (Phi) is 9.36. The molecule has 0 heterocycles. The van der Waals surface area contributed by atoms with Crippen LogP contribution in [0.15, 0.2) is 36.4 Å². The predicted octanol–water partition coefficient (Wildman–Crippen LogP) is 10.5. The molecule has 0 radical (unpaired) electrons. The van der Waals surface area contributed by atoms with E-state index in [9.17, 15) is 13.2 Å². The van der Waals surface area contributed by atoms with E-state index in [1.165, 1.54) is 76.7 Å². The molecule has 2 aliphatic carbocycles. The lowest BCUT2D eigenvalue weighted by molar-refractivity contribution is 0.169. The lowest BCUT2D eigenvalue weighted by Crippen LogP contribution is -2.23. The maximum absolute atomic E-state index is 14.9. The summed E-state index contributed by atoms with van der Waals surface area (Å²) in [5.74, 6) is 1.70. The first kappa shape index (κ1) is 26.3. The van der Waals surface area contributed by atoms with Gasteiger partial charge in [0.1, 0.15) is 5.82 Å². The van der Waals surface area contributed by atoms with Crippen LogP contribution in [-0.4, -0.2) is 0 Å². The van der Waals surface area contributed by atoms with Gasteiger partial charge in [-0.15, -0.1) is 0 Å². The van der Waals surface area contributed by atoms with E-state index >= 15 is 0 Å².